The first-order valence-electron chi connectivity index (χ1n) is 12.9. The molecule has 196 valence electrons. The van der Waals surface area contributed by atoms with Crippen LogP contribution in [0.15, 0.2) is 24.3 Å². The van der Waals surface area contributed by atoms with E-state index in [0.29, 0.717) is 18.0 Å². The third kappa shape index (κ3) is 5.94. The van der Waals surface area contributed by atoms with Crippen molar-refractivity contribution in [3.8, 4) is 0 Å². The molecule has 4 aliphatic rings. The van der Waals surface area contributed by atoms with Crippen LogP contribution < -0.4 is 10.2 Å². The van der Waals surface area contributed by atoms with Crippen molar-refractivity contribution >= 4 is 11.7 Å². The number of aliphatic carboxylic acids is 1. The quantitative estimate of drug-likeness (QED) is 0.649. The molecule has 0 aromatic heterocycles. The number of carboxylic acid groups (broad SMARTS) is 1. The maximum Gasteiger partial charge on any atom is 0.416 e. The van der Waals surface area contributed by atoms with Gasteiger partial charge in [-0.05, 0) is 75.8 Å². The summed E-state index contributed by atoms with van der Waals surface area (Å²) in [5.74, 6) is -0.129. The van der Waals surface area contributed by atoms with E-state index in [4.69, 9.17) is 4.74 Å². The van der Waals surface area contributed by atoms with Crippen molar-refractivity contribution in [1.82, 2.24) is 10.2 Å². The van der Waals surface area contributed by atoms with E-state index in [1.807, 2.05) is 0 Å². The van der Waals surface area contributed by atoms with Gasteiger partial charge in [0.1, 0.15) is 0 Å². The lowest BCUT2D eigenvalue weighted by Crippen LogP contribution is -2.43. The average Bonchev–Trinajstić information content (AvgIpc) is 3.44. The SMILES string of the molecule is CN(C1CCOCC1)C1CC2CCCC2(C(=O)O)C1.FC(F)(F)c1ccc(N2CCNCC2)cc1. The predicted molar refractivity (Wildman–Crippen MR) is 129 cm³/mol. The number of rotatable bonds is 4. The van der Waals surface area contributed by atoms with Crippen molar-refractivity contribution < 1.29 is 27.8 Å². The summed E-state index contributed by atoms with van der Waals surface area (Å²) < 4.78 is 42.4. The maximum absolute atomic E-state index is 12.3. The van der Waals surface area contributed by atoms with Gasteiger partial charge in [0, 0.05) is 57.2 Å². The van der Waals surface area contributed by atoms with Gasteiger partial charge in [-0.25, -0.2) is 0 Å². The second kappa shape index (κ2) is 11.0. The third-order valence-corrected chi connectivity index (χ3v) is 8.56. The van der Waals surface area contributed by atoms with Crippen LogP contribution in [0.2, 0.25) is 0 Å². The van der Waals surface area contributed by atoms with Gasteiger partial charge in [0.05, 0.1) is 11.0 Å². The molecular weight excluding hydrogens is 459 g/mol. The topological polar surface area (TPSA) is 65.0 Å². The highest BCUT2D eigenvalue weighted by Gasteiger charge is 2.56. The lowest BCUT2D eigenvalue weighted by molar-refractivity contribution is -0.150. The molecule has 0 amide bonds. The smallest absolute Gasteiger partial charge is 0.416 e. The molecule has 0 bridgehead atoms. The van der Waals surface area contributed by atoms with Crippen LogP contribution in [-0.4, -0.2) is 74.5 Å². The second-order valence-electron chi connectivity index (χ2n) is 10.4. The Balaban J connectivity index is 0.000000168. The van der Waals surface area contributed by atoms with Gasteiger partial charge in [-0.3, -0.25) is 4.79 Å². The molecule has 2 N–H and O–H groups in total. The van der Waals surface area contributed by atoms with Gasteiger partial charge in [-0.2, -0.15) is 13.2 Å². The van der Waals surface area contributed by atoms with E-state index in [2.05, 4.69) is 22.2 Å². The second-order valence-corrected chi connectivity index (χ2v) is 10.4. The van der Waals surface area contributed by atoms with Crippen LogP contribution in [0, 0.1) is 11.3 Å². The van der Waals surface area contributed by atoms with Crippen molar-refractivity contribution in [1.29, 1.82) is 0 Å². The zero-order chi connectivity index (χ0) is 25.1. The van der Waals surface area contributed by atoms with Gasteiger partial charge in [0.15, 0.2) is 0 Å². The van der Waals surface area contributed by atoms with Gasteiger partial charge >= 0.3 is 12.1 Å². The Morgan fingerprint density at radius 3 is 2.34 bits per heavy atom. The summed E-state index contributed by atoms with van der Waals surface area (Å²) in [7, 11) is 2.19. The summed E-state index contributed by atoms with van der Waals surface area (Å²) in [4.78, 5) is 16.3. The largest absolute Gasteiger partial charge is 0.481 e. The van der Waals surface area contributed by atoms with Crippen LogP contribution in [0.25, 0.3) is 0 Å². The number of carbonyl (C=O) groups is 1. The number of fused-ring (bicyclic) bond motifs is 1. The zero-order valence-corrected chi connectivity index (χ0v) is 20.5. The zero-order valence-electron chi connectivity index (χ0n) is 20.5. The summed E-state index contributed by atoms with van der Waals surface area (Å²) in [6.45, 7) is 5.14. The Bertz CT molecular complexity index is 838. The first kappa shape index (κ1) is 26.2. The van der Waals surface area contributed by atoms with Crippen molar-refractivity contribution in [2.45, 2.75) is 63.2 Å². The first-order chi connectivity index (χ1) is 16.7. The van der Waals surface area contributed by atoms with Crippen LogP contribution in [0.1, 0.15) is 50.5 Å². The Hall–Kier alpha value is -1.84. The molecule has 0 radical (unpaired) electrons. The highest BCUT2D eigenvalue weighted by Crippen LogP contribution is 2.55. The number of hydrogen-bond donors (Lipinski definition) is 2. The van der Waals surface area contributed by atoms with Crippen molar-refractivity contribution in [2.75, 3.05) is 51.3 Å². The molecule has 2 aliphatic carbocycles. The molecule has 1 aromatic rings. The summed E-state index contributed by atoms with van der Waals surface area (Å²) >= 11 is 0. The molecule has 9 heteroatoms. The van der Waals surface area contributed by atoms with Crippen LogP contribution in [-0.2, 0) is 15.7 Å². The van der Waals surface area contributed by atoms with Crippen molar-refractivity contribution in [3.63, 3.8) is 0 Å². The molecule has 2 aliphatic heterocycles. The fourth-order valence-electron chi connectivity index (χ4n) is 6.44. The van der Waals surface area contributed by atoms with Crippen LogP contribution >= 0.6 is 0 Å². The van der Waals surface area contributed by atoms with E-state index in [0.717, 1.165) is 102 Å². The highest BCUT2D eigenvalue weighted by atomic mass is 19.4. The highest BCUT2D eigenvalue weighted by molar-refractivity contribution is 5.76. The van der Waals surface area contributed by atoms with Gasteiger partial charge in [-0.15, -0.1) is 0 Å². The van der Waals surface area contributed by atoms with E-state index in [1.54, 1.807) is 0 Å². The molecule has 2 heterocycles. The monoisotopic (exact) mass is 497 g/mol. The summed E-state index contributed by atoms with van der Waals surface area (Å²) in [6.07, 6.45) is 3.00. The molecule has 4 fully saturated rings. The molecule has 3 atom stereocenters. The number of hydrogen-bond acceptors (Lipinski definition) is 5. The van der Waals surface area contributed by atoms with E-state index >= 15 is 0 Å². The summed E-state index contributed by atoms with van der Waals surface area (Å²) in [6, 6.07) is 6.39. The Kier molecular flexibility index (Phi) is 8.28. The Morgan fingerprint density at radius 1 is 1.11 bits per heavy atom. The molecule has 2 saturated heterocycles. The maximum atomic E-state index is 12.3. The van der Waals surface area contributed by atoms with Gasteiger partial charge in [-0.1, -0.05) is 6.42 Å². The first-order valence-corrected chi connectivity index (χ1v) is 12.9. The van der Waals surface area contributed by atoms with Crippen molar-refractivity contribution in [3.05, 3.63) is 29.8 Å². The number of alkyl halides is 3. The molecule has 0 spiro atoms. The lowest BCUT2D eigenvalue weighted by atomic mass is 9.80. The standard InChI is InChI=1S/C15H25NO3.C11H13F3N2/c1-16(12-4-7-19-8-5-12)13-9-11-3-2-6-15(11,10-13)14(17)18;12-11(13,14)9-1-3-10(4-2-9)16-7-5-15-6-8-16/h11-13H,2-10H2,1H3,(H,17,18);1-4,15H,5-8H2. The van der Waals surface area contributed by atoms with Crippen LogP contribution in [0.5, 0.6) is 0 Å². The number of piperazine rings is 1. The fraction of sp³-hybridized carbons (Fsp3) is 0.731. The number of benzene rings is 1. The number of ether oxygens (including phenoxy) is 1. The molecule has 5 rings (SSSR count). The van der Waals surface area contributed by atoms with Crippen molar-refractivity contribution in [2.24, 2.45) is 11.3 Å². The van der Waals surface area contributed by atoms with Gasteiger partial charge in [0.2, 0.25) is 0 Å². The normalized spacial score (nSPS) is 29.6. The van der Waals surface area contributed by atoms with E-state index in [9.17, 15) is 23.1 Å². The molecular formula is C26H38F3N3O3. The van der Waals surface area contributed by atoms with Crippen LogP contribution in [0.4, 0.5) is 18.9 Å². The number of nitrogens with one attached hydrogen (secondary N) is 1. The minimum Gasteiger partial charge on any atom is -0.481 e. The summed E-state index contributed by atoms with van der Waals surface area (Å²) in [5.41, 5.74) is -0.134. The molecule has 1 aromatic carbocycles. The fourth-order valence-corrected chi connectivity index (χ4v) is 6.44. The summed E-state index contributed by atoms with van der Waals surface area (Å²) in [5, 5.41) is 12.8. The van der Waals surface area contributed by atoms with Gasteiger partial charge < -0.3 is 25.0 Å². The van der Waals surface area contributed by atoms with E-state index < -0.39 is 23.1 Å². The van der Waals surface area contributed by atoms with Gasteiger partial charge in [0.25, 0.3) is 0 Å². The lowest BCUT2D eigenvalue weighted by Gasteiger charge is -2.36. The minimum absolute atomic E-state index is 0.399. The van der Waals surface area contributed by atoms with Crippen LogP contribution in [0.3, 0.4) is 0 Å². The number of nitrogens with zero attached hydrogens (tertiary/aromatic N) is 2. The van der Waals surface area contributed by atoms with E-state index in [-0.39, 0.29) is 0 Å². The molecule has 6 nitrogen and oxygen atoms in total. The number of anilines is 1. The minimum atomic E-state index is -4.25. The number of carboxylic acids is 1. The Labute approximate surface area is 205 Å². The molecule has 35 heavy (non-hydrogen) atoms. The molecule has 2 saturated carbocycles. The van der Waals surface area contributed by atoms with E-state index in [1.165, 1.54) is 12.1 Å². The number of halogens is 3. The molecule has 3 unspecified atom stereocenters. The average molecular weight is 498 g/mol. The Morgan fingerprint density at radius 2 is 1.77 bits per heavy atom. The third-order valence-electron chi connectivity index (χ3n) is 8.56. The predicted octanol–water partition coefficient (Wildman–Crippen LogP) is 4.25.